The fourth-order valence-electron chi connectivity index (χ4n) is 2.60. The van der Waals surface area contributed by atoms with Crippen molar-refractivity contribution >= 4 is 15.9 Å². The van der Waals surface area contributed by atoms with Crippen LogP contribution < -0.4 is 10.6 Å². The van der Waals surface area contributed by atoms with Gasteiger partial charge in [-0.1, -0.05) is 13.8 Å². The standard InChI is InChI=1S/C14H29N3O3S/c1-5-12(6-2)16-14(18)11(3)15-13-7-9-17(10-8-13)21(4,19)20/h11-13,15H,5-10H2,1-4H3,(H,16,18). The molecule has 0 aromatic heterocycles. The van der Waals surface area contributed by atoms with Crippen LogP contribution in [0.25, 0.3) is 0 Å². The van der Waals surface area contributed by atoms with Crippen molar-refractivity contribution in [2.45, 2.75) is 64.6 Å². The van der Waals surface area contributed by atoms with Gasteiger partial charge in [0.25, 0.3) is 0 Å². The number of hydrogen-bond donors (Lipinski definition) is 2. The highest BCUT2D eigenvalue weighted by molar-refractivity contribution is 7.88. The monoisotopic (exact) mass is 319 g/mol. The Balaban J connectivity index is 2.39. The molecule has 2 N–H and O–H groups in total. The number of nitrogens with one attached hydrogen (secondary N) is 2. The van der Waals surface area contributed by atoms with Crippen LogP contribution in [0.4, 0.5) is 0 Å². The van der Waals surface area contributed by atoms with Crippen LogP contribution in [0, 0.1) is 0 Å². The van der Waals surface area contributed by atoms with Gasteiger partial charge in [-0.15, -0.1) is 0 Å². The molecule has 0 aliphatic carbocycles. The maximum Gasteiger partial charge on any atom is 0.237 e. The molecular weight excluding hydrogens is 290 g/mol. The lowest BCUT2D eigenvalue weighted by atomic mass is 10.1. The first-order chi connectivity index (χ1) is 9.77. The second kappa shape index (κ2) is 8.10. The molecule has 0 radical (unpaired) electrons. The van der Waals surface area contributed by atoms with E-state index < -0.39 is 10.0 Å². The maximum atomic E-state index is 12.1. The fourth-order valence-corrected chi connectivity index (χ4v) is 3.48. The zero-order chi connectivity index (χ0) is 16.0. The molecule has 0 bridgehead atoms. The third-order valence-corrected chi connectivity index (χ3v) is 5.44. The molecule has 6 nitrogen and oxygen atoms in total. The van der Waals surface area contributed by atoms with Gasteiger partial charge < -0.3 is 10.6 Å². The average molecular weight is 319 g/mol. The van der Waals surface area contributed by atoms with E-state index in [1.807, 2.05) is 6.92 Å². The Morgan fingerprint density at radius 2 is 1.76 bits per heavy atom. The zero-order valence-electron chi connectivity index (χ0n) is 13.6. The predicted molar refractivity (Wildman–Crippen MR) is 84.5 cm³/mol. The second-order valence-electron chi connectivity index (χ2n) is 5.85. The smallest absolute Gasteiger partial charge is 0.237 e. The molecule has 0 saturated carbocycles. The molecule has 21 heavy (non-hydrogen) atoms. The van der Waals surface area contributed by atoms with Crippen molar-refractivity contribution in [3.8, 4) is 0 Å². The molecule has 1 heterocycles. The van der Waals surface area contributed by atoms with E-state index in [-0.39, 0.29) is 24.0 Å². The van der Waals surface area contributed by atoms with Crippen molar-refractivity contribution < 1.29 is 13.2 Å². The van der Waals surface area contributed by atoms with E-state index in [1.165, 1.54) is 10.6 Å². The first kappa shape index (κ1) is 18.4. The van der Waals surface area contributed by atoms with Gasteiger partial charge in [0.2, 0.25) is 15.9 Å². The van der Waals surface area contributed by atoms with Gasteiger partial charge in [0.1, 0.15) is 0 Å². The molecule has 1 rings (SSSR count). The summed E-state index contributed by atoms with van der Waals surface area (Å²) in [5.41, 5.74) is 0. The van der Waals surface area contributed by atoms with E-state index in [2.05, 4.69) is 24.5 Å². The number of nitrogens with zero attached hydrogens (tertiary/aromatic N) is 1. The maximum absolute atomic E-state index is 12.1. The van der Waals surface area contributed by atoms with Crippen molar-refractivity contribution in [1.29, 1.82) is 0 Å². The minimum Gasteiger partial charge on any atom is -0.352 e. The van der Waals surface area contributed by atoms with E-state index >= 15 is 0 Å². The third-order valence-electron chi connectivity index (χ3n) is 4.13. The van der Waals surface area contributed by atoms with Crippen molar-refractivity contribution in [3.05, 3.63) is 0 Å². The lowest BCUT2D eigenvalue weighted by Gasteiger charge is -2.32. The summed E-state index contributed by atoms with van der Waals surface area (Å²) < 4.78 is 24.4. The van der Waals surface area contributed by atoms with Crippen LogP contribution in [0.1, 0.15) is 46.5 Å². The number of piperidine rings is 1. The SMILES string of the molecule is CCC(CC)NC(=O)C(C)NC1CCN(S(C)(=O)=O)CC1. The van der Waals surface area contributed by atoms with Crippen LogP contribution in [-0.4, -0.2) is 56.1 Å². The summed E-state index contributed by atoms with van der Waals surface area (Å²) in [5.74, 6) is 0.0224. The highest BCUT2D eigenvalue weighted by Crippen LogP contribution is 2.13. The van der Waals surface area contributed by atoms with Crippen LogP contribution in [0.15, 0.2) is 0 Å². The molecule has 1 atom stereocenters. The minimum absolute atomic E-state index is 0.0224. The molecule has 1 amide bonds. The van der Waals surface area contributed by atoms with E-state index in [9.17, 15) is 13.2 Å². The van der Waals surface area contributed by atoms with Gasteiger partial charge in [0.15, 0.2) is 0 Å². The van der Waals surface area contributed by atoms with Crippen molar-refractivity contribution in [2.24, 2.45) is 0 Å². The quantitative estimate of drug-likeness (QED) is 0.724. The van der Waals surface area contributed by atoms with Gasteiger partial charge in [-0.3, -0.25) is 4.79 Å². The molecular formula is C14H29N3O3S. The summed E-state index contributed by atoms with van der Waals surface area (Å²) in [6.07, 6.45) is 4.60. The molecule has 1 saturated heterocycles. The lowest BCUT2D eigenvalue weighted by molar-refractivity contribution is -0.123. The number of sulfonamides is 1. The largest absolute Gasteiger partial charge is 0.352 e. The predicted octanol–water partition coefficient (Wildman–Crippen LogP) is 0.693. The molecule has 1 fully saturated rings. The van der Waals surface area contributed by atoms with Gasteiger partial charge in [-0.2, -0.15) is 0 Å². The molecule has 1 aliphatic rings. The summed E-state index contributed by atoms with van der Waals surface area (Å²) in [6.45, 7) is 7.04. The Hall–Kier alpha value is -0.660. The van der Waals surface area contributed by atoms with Crippen LogP contribution in [-0.2, 0) is 14.8 Å². The summed E-state index contributed by atoms with van der Waals surface area (Å²) in [6, 6.07) is 0.180. The van der Waals surface area contributed by atoms with Gasteiger partial charge in [-0.25, -0.2) is 12.7 Å². The van der Waals surface area contributed by atoms with Crippen molar-refractivity contribution in [1.82, 2.24) is 14.9 Å². The molecule has 124 valence electrons. The zero-order valence-corrected chi connectivity index (χ0v) is 14.4. The fraction of sp³-hybridized carbons (Fsp3) is 0.929. The Bertz CT molecular complexity index is 427. The lowest BCUT2D eigenvalue weighted by Crippen LogP contribution is -2.52. The molecule has 1 unspecified atom stereocenters. The molecule has 0 aromatic rings. The van der Waals surface area contributed by atoms with E-state index in [0.29, 0.717) is 13.1 Å². The Kier molecular flexibility index (Phi) is 7.09. The molecule has 7 heteroatoms. The Morgan fingerprint density at radius 3 is 2.19 bits per heavy atom. The van der Waals surface area contributed by atoms with Crippen molar-refractivity contribution in [2.75, 3.05) is 19.3 Å². The molecule has 0 aromatic carbocycles. The van der Waals surface area contributed by atoms with Crippen LogP contribution >= 0.6 is 0 Å². The first-order valence-corrected chi connectivity index (χ1v) is 9.64. The number of carbonyl (C=O) groups excluding carboxylic acids is 1. The average Bonchev–Trinajstić information content (AvgIpc) is 2.44. The van der Waals surface area contributed by atoms with E-state index in [4.69, 9.17) is 0 Å². The number of hydrogen-bond acceptors (Lipinski definition) is 4. The third kappa shape index (κ3) is 5.92. The Morgan fingerprint density at radius 1 is 1.24 bits per heavy atom. The first-order valence-electron chi connectivity index (χ1n) is 7.79. The highest BCUT2D eigenvalue weighted by Gasteiger charge is 2.27. The summed E-state index contributed by atoms with van der Waals surface area (Å²) >= 11 is 0. The minimum atomic E-state index is -3.09. The summed E-state index contributed by atoms with van der Waals surface area (Å²) in [7, 11) is -3.09. The summed E-state index contributed by atoms with van der Waals surface area (Å²) in [5, 5.41) is 6.34. The van der Waals surface area contributed by atoms with Gasteiger partial charge in [0, 0.05) is 25.2 Å². The summed E-state index contributed by atoms with van der Waals surface area (Å²) in [4.78, 5) is 12.1. The highest BCUT2D eigenvalue weighted by atomic mass is 32.2. The second-order valence-corrected chi connectivity index (χ2v) is 7.83. The molecule has 1 aliphatic heterocycles. The van der Waals surface area contributed by atoms with E-state index in [1.54, 1.807) is 0 Å². The van der Waals surface area contributed by atoms with Crippen LogP contribution in [0.3, 0.4) is 0 Å². The Labute approximate surface area is 128 Å². The topological polar surface area (TPSA) is 78.5 Å². The number of carbonyl (C=O) groups is 1. The van der Waals surface area contributed by atoms with Crippen LogP contribution in [0.2, 0.25) is 0 Å². The van der Waals surface area contributed by atoms with Crippen molar-refractivity contribution in [3.63, 3.8) is 0 Å². The molecule has 0 spiro atoms. The van der Waals surface area contributed by atoms with Gasteiger partial charge in [0.05, 0.1) is 12.3 Å². The van der Waals surface area contributed by atoms with E-state index in [0.717, 1.165) is 25.7 Å². The van der Waals surface area contributed by atoms with Gasteiger partial charge in [-0.05, 0) is 32.6 Å². The normalized spacial score (nSPS) is 19.7. The van der Waals surface area contributed by atoms with Crippen LogP contribution in [0.5, 0.6) is 0 Å². The number of amides is 1. The van der Waals surface area contributed by atoms with Gasteiger partial charge >= 0.3 is 0 Å². The number of rotatable bonds is 7.